The van der Waals surface area contributed by atoms with Gasteiger partial charge in [0.25, 0.3) is 0 Å². The number of aromatic hydroxyl groups is 1. The number of anilines is 1. The zero-order valence-corrected chi connectivity index (χ0v) is 18.3. The Morgan fingerprint density at radius 1 is 1.00 bits per heavy atom. The molecule has 3 aromatic rings. The largest absolute Gasteiger partial charge is 0.507 e. The molecule has 8 heteroatoms. The van der Waals surface area contributed by atoms with Crippen molar-refractivity contribution in [2.45, 2.75) is 0 Å². The van der Waals surface area contributed by atoms with E-state index < -0.39 is 0 Å². The Morgan fingerprint density at radius 3 is 2.42 bits per heavy atom. The molecule has 8 nitrogen and oxygen atoms in total. The van der Waals surface area contributed by atoms with Crippen LogP contribution in [0.15, 0.2) is 36.4 Å². The molecule has 0 atom stereocenters. The molecular weight excluding hydrogens is 394 g/mol. The number of hydrogen-bond acceptors (Lipinski definition) is 8. The van der Waals surface area contributed by atoms with Crippen molar-refractivity contribution in [1.82, 2.24) is 19.8 Å². The number of hydrogen-bond donors (Lipinski definition) is 2. The highest BCUT2D eigenvalue weighted by molar-refractivity contribution is 5.93. The number of fused-ring (bicyclic) bond motifs is 1. The number of ether oxygens (including phenoxy) is 2. The molecule has 0 unspecified atom stereocenters. The topological polar surface area (TPSA) is 83.0 Å². The Balaban J connectivity index is 1.67. The van der Waals surface area contributed by atoms with Crippen LogP contribution in [0.1, 0.15) is 0 Å². The van der Waals surface area contributed by atoms with E-state index in [0.717, 1.165) is 44.7 Å². The number of piperazine rings is 1. The van der Waals surface area contributed by atoms with Crippen LogP contribution < -0.4 is 14.8 Å². The number of para-hydroxylation sites is 1. The van der Waals surface area contributed by atoms with Crippen LogP contribution >= 0.6 is 0 Å². The molecule has 0 spiro atoms. The first-order chi connectivity index (χ1) is 15.1. The van der Waals surface area contributed by atoms with Gasteiger partial charge in [-0.05, 0) is 25.2 Å². The summed E-state index contributed by atoms with van der Waals surface area (Å²) in [5.41, 5.74) is 1.30. The molecule has 1 saturated heterocycles. The molecule has 0 saturated carbocycles. The second kappa shape index (κ2) is 9.36. The van der Waals surface area contributed by atoms with Crippen molar-refractivity contribution in [1.29, 1.82) is 0 Å². The molecule has 0 radical (unpaired) electrons. The van der Waals surface area contributed by atoms with Gasteiger partial charge < -0.3 is 24.8 Å². The molecule has 164 valence electrons. The number of phenolic OH excluding ortho intramolecular Hbond substituents is 1. The molecule has 0 bridgehead atoms. The molecule has 1 aromatic heterocycles. The monoisotopic (exact) mass is 423 g/mol. The third-order valence-corrected chi connectivity index (χ3v) is 5.66. The lowest BCUT2D eigenvalue weighted by molar-refractivity contribution is 0.158. The van der Waals surface area contributed by atoms with Crippen LogP contribution in [0.3, 0.4) is 0 Å². The number of likely N-dealkylation sites (N-methyl/N-ethyl adjacent to an activating group) is 1. The summed E-state index contributed by atoms with van der Waals surface area (Å²) in [5.74, 6) is 2.53. The van der Waals surface area contributed by atoms with Gasteiger partial charge in [0.2, 0.25) is 0 Å². The van der Waals surface area contributed by atoms with Crippen LogP contribution in [0, 0.1) is 0 Å². The molecule has 1 aliphatic rings. The predicted molar refractivity (Wildman–Crippen MR) is 122 cm³/mol. The van der Waals surface area contributed by atoms with Crippen molar-refractivity contribution in [3.05, 3.63) is 36.4 Å². The Kier molecular flexibility index (Phi) is 6.39. The van der Waals surface area contributed by atoms with E-state index in [-0.39, 0.29) is 5.75 Å². The summed E-state index contributed by atoms with van der Waals surface area (Å²) in [6, 6.07) is 10.8. The lowest BCUT2D eigenvalue weighted by Crippen LogP contribution is -2.45. The molecular formula is C23H29N5O3. The van der Waals surface area contributed by atoms with Crippen LogP contribution in [-0.4, -0.2) is 85.4 Å². The van der Waals surface area contributed by atoms with E-state index in [1.54, 1.807) is 26.4 Å². The fraction of sp³-hybridized carbons (Fsp3) is 0.391. The average Bonchev–Trinajstić information content (AvgIpc) is 2.79. The van der Waals surface area contributed by atoms with Gasteiger partial charge in [0.15, 0.2) is 17.3 Å². The minimum atomic E-state index is 0.144. The van der Waals surface area contributed by atoms with E-state index in [4.69, 9.17) is 19.4 Å². The first-order valence-electron chi connectivity index (χ1n) is 10.5. The van der Waals surface area contributed by atoms with E-state index in [9.17, 15) is 5.11 Å². The Bertz CT molecular complexity index is 1050. The van der Waals surface area contributed by atoms with E-state index >= 15 is 0 Å². The van der Waals surface area contributed by atoms with E-state index in [0.29, 0.717) is 34.2 Å². The standard InChI is InChI=1S/C23H29N5O3/c1-27-10-12-28(13-11-27)9-8-24-22-17-14-20(30-2)21(31-3)15-18(17)25-23(26-22)16-6-4-5-7-19(16)29/h4-7,14-15,29H,8-13H2,1-3H3,(H,24,25,26). The van der Waals surface area contributed by atoms with Crippen molar-refractivity contribution >= 4 is 16.7 Å². The summed E-state index contributed by atoms with van der Waals surface area (Å²) >= 11 is 0. The van der Waals surface area contributed by atoms with Gasteiger partial charge in [-0.3, -0.25) is 4.90 Å². The van der Waals surface area contributed by atoms with Gasteiger partial charge in [0, 0.05) is 50.7 Å². The highest BCUT2D eigenvalue weighted by Crippen LogP contribution is 2.36. The molecule has 2 aromatic carbocycles. The average molecular weight is 424 g/mol. The lowest BCUT2D eigenvalue weighted by atomic mass is 10.1. The predicted octanol–water partition coefficient (Wildman–Crippen LogP) is 2.68. The number of phenols is 1. The molecule has 0 amide bonds. The fourth-order valence-corrected chi connectivity index (χ4v) is 3.78. The zero-order chi connectivity index (χ0) is 21.8. The summed E-state index contributed by atoms with van der Waals surface area (Å²) in [6.45, 7) is 5.99. The van der Waals surface area contributed by atoms with E-state index in [1.165, 1.54) is 0 Å². The third kappa shape index (κ3) is 4.65. The number of methoxy groups -OCH3 is 2. The number of nitrogens with one attached hydrogen (secondary N) is 1. The maximum Gasteiger partial charge on any atom is 0.165 e. The highest BCUT2D eigenvalue weighted by atomic mass is 16.5. The van der Waals surface area contributed by atoms with Crippen molar-refractivity contribution < 1.29 is 14.6 Å². The van der Waals surface area contributed by atoms with Crippen molar-refractivity contribution in [2.75, 3.05) is 65.9 Å². The number of rotatable bonds is 7. The summed E-state index contributed by atoms with van der Waals surface area (Å²) in [7, 11) is 5.37. The smallest absolute Gasteiger partial charge is 0.165 e. The third-order valence-electron chi connectivity index (χ3n) is 5.66. The molecule has 31 heavy (non-hydrogen) atoms. The first kappa shape index (κ1) is 21.1. The number of benzene rings is 2. The number of nitrogens with zero attached hydrogens (tertiary/aromatic N) is 4. The summed E-state index contributed by atoms with van der Waals surface area (Å²) in [4.78, 5) is 14.2. The van der Waals surface area contributed by atoms with E-state index in [1.807, 2.05) is 24.3 Å². The van der Waals surface area contributed by atoms with Crippen molar-refractivity contribution in [3.8, 4) is 28.6 Å². The van der Waals surface area contributed by atoms with Crippen molar-refractivity contribution in [2.24, 2.45) is 0 Å². The Labute approximate surface area is 182 Å². The SMILES string of the molecule is COc1cc2nc(-c3ccccc3O)nc(NCCN3CCN(C)CC3)c2cc1OC. The fourth-order valence-electron chi connectivity index (χ4n) is 3.78. The van der Waals surface area contributed by atoms with E-state index in [2.05, 4.69) is 22.2 Å². The molecule has 1 aliphatic heterocycles. The first-order valence-corrected chi connectivity index (χ1v) is 10.5. The Morgan fingerprint density at radius 2 is 1.71 bits per heavy atom. The van der Waals surface area contributed by atoms with Crippen LogP contribution in [-0.2, 0) is 0 Å². The second-order valence-corrected chi connectivity index (χ2v) is 7.71. The van der Waals surface area contributed by atoms with Crippen LogP contribution in [0.25, 0.3) is 22.3 Å². The summed E-state index contributed by atoms with van der Waals surface area (Å²) in [6.07, 6.45) is 0. The maximum atomic E-state index is 10.3. The van der Waals surface area contributed by atoms with Gasteiger partial charge in [0.1, 0.15) is 11.6 Å². The van der Waals surface area contributed by atoms with Gasteiger partial charge in [0.05, 0.1) is 25.3 Å². The molecule has 2 heterocycles. The van der Waals surface area contributed by atoms with Gasteiger partial charge >= 0.3 is 0 Å². The van der Waals surface area contributed by atoms with Crippen LogP contribution in [0.2, 0.25) is 0 Å². The molecule has 4 rings (SSSR count). The molecule has 2 N–H and O–H groups in total. The van der Waals surface area contributed by atoms with Crippen LogP contribution in [0.4, 0.5) is 5.82 Å². The van der Waals surface area contributed by atoms with Gasteiger partial charge in [-0.2, -0.15) is 0 Å². The maximum absolute atomic E-state index is 10.3. The van der Waals surface area contributed by atoms with Gasteiger partial charge in [-0.25, -0.2) is 9.97 Å². The molecule has 0 aliphatic carbocycles. The zero-order valence-electron chi connectivity index (χ0n) is 18.3. The quantitative estimate of drug-likeness (QED) is 0.600. The van der Waals surface area contributed by atoms with Gasteiger partial charge in [-0.1, -0.05) is 12.1 Å². The Hall–Kier alpha value is -3.10. The highest BCUT2D eigenvalue weighted by Gasteiger charge is 2.17. The van der Waals surface area contributed by atoms with Crippen molar-refractivity contribution in [3.63, 3.8) is 0 Å². The van der Waals surface area contributed by atoms with Crippen LogP contribution in [0.5, 0.6) is 17.2 Å². The second-order valence-electron chi connectivity index (χ2n) is 7.71. The summed E-state index contributed by atoms with van der Waals surface area (Å²) in [5, 5.41) is 14.6. The normalized spacial score (nSPS) is 15.2. The lowest BCUT2D eigenvalue weighted by Gasteiger charge is -2.32. The van der Waals surface area contributed by atoms with Gasteiger partial charge in [-0.15, -0.1) is 0 Å². The minimum absolute atomic E-state index is 0.144. The number of aromatic nitrogens is 2. The molecule has 1 fully saturated rings. The summed E-state index contributed by atoms with van der Waals surface area (Å²) < 4.78 is 10.9. The minimum Gasteiger partial charge on any atom is -0.507 e.